The second-order valence-electron chi connectivity index (χ2n) is 12.3. The molecule has 0 saturated heterocycles. The Labute approximate surface area is 294 Å². The minimum atomic E-state index is -0.661. The largest absolute Gasteiger partial charge is 0.314 e. The van der Waals surface area contributed by atoms with Crippen molar-refractivity contribution in [1.82, 2.24) is 4.57 Å². The molecule has 0 unspecified atom stereocenters. The molecule has 0 radical (unpaired) electrons. The molecule has 6 aromatic carbocycles. The van der Waals surface area contributed by atoms with Gasteiger partial charge >= 0.3 is 0 Å². The lowest BCUT2D eigenvalue weighted by molar-refractivity contribution is 0.660. The van der Waals surface area contributed by atoms with E-state index in [1.807, 2.05) is 36.4 Å². The molecular formula is C45H38N2. The van der Waals surface area contributed by atoms with Crippen molar-refractivity contribution >= 4 is 40.1 Å². The fourth-order valence-corrected chi connectivity index (χ4v) is 6.70. The van der Waals surface area contributed by atoms with Crippen LogP contribution in [0.25, 0.3) is 39.8 Å². The van der Waals surface area contributed by atoms with Gasteiger partial charge in [-0.2, -0.15) is 0 Å². The first-order valence-electron chi connectivity index (χ1n) is 21.5. The van der Waals surface area contributed by atoms with Crippen LogP contribution >= 0.6 is 0 Å². The number of hydrogen-bond acceptors (Lipinski definition) is 1. The molecule has 1 aliphatic carbocycles. The van der Waals surface area contributed by atoms with Crippen molar-refractivity contribution in [3.8, 4) is 16.8 Å². The Bertz CT molecular complexity index is 2820. The molecule has 0 fully saturated rings. The smallest absolute Gasteiger partial charge is 0.0645 e. The number of fused-ring (bicyclic) bond motifs is 4. The molecule has 1 aromatic heterocycles. The fourth-order valence-electron chi connectivity index (χ4n) is 6.70. The SMILES string of the molecule is [2H]/C(=C(/[2H])c1ccc2c(c1)C(C)(C)c1cc3c(cc1-2)c(C)c(C)n3-c1ccccc1)c1ccc(N(c2c([2H])c([2H])c([2H])c([2H])c2[2H])c2c([2H])c([2H])c([2H])c([2H])c2[2H])cc1. The molecular weight excluding hydrogens is 569 g/mol. The summed E-state index contributed by atoms with van der Waals surface area (Å²) in [6.07, 6.45) is 0. The quantitative estimate of drug-likeness (QED) is 0.168. The zero-order chi connectivity index (χ0) is 42.6. The van der Waals surface area contributed by atoms with Gasteiger partial charge in [-0.1, -0.05) is 111 Å². The van der Waals surface area contributed by atoms with Crippen molar-refractivity contribution in [3.63, 3.8) is 0 Å². The van der Waals surface area contributed by atoms with Crippen LogP contribution in [0.4, 0.5) is 17.1 Å². The third kappa shape index (κ3) is 4.89. The first-order valence-corrected chi connectivity index (χ1v) is 15.5. The van der Waals surface area contributed by atoms with E-state index in [9.17, 15) is 1.37 Å². The average molecular weight is 619 g/mol. The van der Waals surface area contributed by atoms with Crippen LogP contribution in [0.3, 0.4) is 0 Å². The number of hydrogen-bond donors (Lipinski definition) is 0. The monoisotopic (exact) mass is 618 g/mol. The van der Waals surface area contributed by atoms with E-state index in [2.05, 4.69) is 56.5 Å². The Kier molecular flexibility index (Phi) is 4.46. The average Bonchev–Trinajstić information content (AvgIpc) is 3.62. The highest BCUT2D eigenvalue weighted by atomic mass is 15.1. The van der Waals surface area contributed by atoms with E-state index >= 15 is 0 Å². The molecule has 0 saturated carbocycles. The maximum absolute atomic E-state index is 9.19. The molecule has 2 heteroatoms. The van der Waals surface area contributed by atoms with Gasteiger partial charge < -0.3 is 9.47 Å². The predicted molar refractivity (Wildman–Crippen MR) is 200 cm³/mol. The molecule has 228 valence electrons. The third-order valence-corrected chi connectivity index (χ3v) is 9.23. The summed E-state index contributed by atoms with van der Waals surface area (Å²) in [7, 11) is 0. The van der Waals surface area contributed by atoms with E-state index in [4.69, 9.17) is 15.1 Å². The van der Waals surface area contributed by atoms with Crippen LogP contribution in [0.5, 0.6) is 0 Å². The van der Waals surface area contributed by atoms with Gasteiger partial charge in [0.1, 0.15) is 0 Å². The summed E-state index contributed by atoms with van der Waals surface area (Å²) in [5.41, 5.74) is 8.78. The van der Waals surface area contributed by atoms with Crippen LogP contribution in [0.15, 0.2) is 145 Å². The maximum Gasteiger partial charge on any atom is 0.0645 e. The highest BCUT2D eigenvalue weighted by molar-refractivity contribution is 5.96. The second kappa shape index (κ2) is 11.3. The number of rotatable bonds is 6. The molecule has 1 heterocycles. The minimum Gasteiger partial charge on any atom is -0.314 e. The molecule has 7 aromatic rings. The van der Waals surface area contributed by atoms with E-state index in [1.54, 1.807) is 0 Å². The first kappa shape index (κ1) is 18.5. The lowest BCUT2D eigenvalue weighted by Crippen LogP contribution is -2.15. The Balaban J connectivity index is 1.21. The van der Waals surface area contributed by atoms with Gasteiger partial charge in [0.25, 0.3) is 0 Å². The normalized spacial score (nSPS) is 17.2. The van der Waals surface area contributed by atoms with Crippen LogP contribution in [0, 0.1) is 13.8 Å². The van der Waals surface area contributed by atoms with Gasteiger partial charge in [0.15, 0.2) is 0 Å². The highest BCUT2D eigenvalue weighted by Gasteiger charge is 2.36. The molecule has 0 aliphatic heterocycles. The molecule has 0 amide bonds. The summed E-state index contributed by atoms with van der Waals surface area (Å²) in [5, 5.41) is 1.17. The van der Waals surface area contributed by atoms with Crippen molar-refractivity contribution in [3.05, 3.63) is 179 Å². The Morgan fingerprint density at radius 1 is 0.638 bits per heavy atom. The summed E-state index contributed by atoms with van der Waals surface area (Å²) >= 11 is 0. The van der Waals surface area contributed by atoms with Crippen molar-refractivity contribution in [2.45, 2.75) is 33.1 Å². The van der Waals surface area contributed by atoms with Crippen LogP contribution in [-0.4, -0.2) is 4.57 Å². The molecule has 2 nitrogen and oxygen atoms in total. The van der Waals surface area contributed by atoms with Gasteiger partial charge in [-0.05, 0) is 113 Å². The standard InChI is InChI=1S/C45H38N2/c1-31-32(2)46(35-14-8-5-9-15-35)44-30-43-41(29-40(31)44)39-27-24-34(28-42(39)45(43,3)4)21-20-33-22-25-38(26-23-33)47(36-16-10-6-11-17-36)37-18-12-7-13-19-37/h5-30H,1-4H3/b21-20+/i6D,7D,10D,11D,12D,13D,16D,17D,18D,19D,20D,21D. The van der Waals surface area contributed by atoms with Crippen molar-refractivity contribution in [2.24, 2.45) is 0 Å². The van der Waals surface area contributed by atoms with Gasteiger partial charge in [-0.25, -0.2) is 0 Å². The van der Waals surface area contributed by atoms with Gasteiger partial charge in [-0.15, -0.1) is 0 Å². The summed E-state index contributed by atoms with van der Waals surface area (Å²) in [6.45, 7) is 8.64. The third-order valence-electron chi connectivity index (χ3n) is 9.23. The van der Waals surface area contributed by atoms with Crippen molar-refractivity contribution in [1.29, 1.82) is 0 Å². The number of aromatic nitrogens is 1. The van der Waals surface area contributed by atoms with E-state index in [-0.39, 0.29) is 17.8 Å². The van der Waals surface area contributed by atoms with Crippen LogP contribution < -0.4 is 4.90 Å². The molecule has 8 rings (SSSR count). The topological polar surface area (TPSA) is 8.17 Å². The zero-order valence-corrected chi connectivity index (χ0v) is 26.5. The van der Waals surface area contributed by atoms with Crippen molar-refractivity contribution in [2.75, 3.05) is 4.90 Å². The minimum absolute atomic E-state index is 0.0347. The summed E-state index contributed by atoms with van der Waals surface area (Å²) in [4.78, 5) is 1.06. The summed E-state index contributed by atoms with van der Waals surface area (Å²) in [5.74, 6) is 0. The highest BCUT2D eigenvalue weighted by Crippen LogP contribution is 2.51. The Hall–Kier alpha value is -5.60. The number of nitrogens with zero attached hydrogens (tertiary/aromatic N) is 2. The molecule has 47 heavy (non-hydrogen) atoms. The first-order chi connectivity index (χ1) is 27.9. The van der Waals surface area contributed by atoms with E-state index < -0.39 is 77.2 Å². The lowest BCUT2D eigenvalue weighted by Gasteiger charge is -2.25. The molecule has 0 N–H and O–H groups in total. The van der Waals surface area contributed by atoms with E-state index in [0.717, 1.165) is 32.8 Å². The summed E-state index contributed by atoms with van der Waals surface area (Å²) < 4.78 is 105. The number of para-hydroxylation sites is 3. The number of benzene rings is 6. The van der Waals surface area contributed by atoms with Gasteiger partial charge in [0, 0.05) is 39.2 Å². The predicted octanol–water partition coefficient (Wildman–Crippen LogP) is 12.2. The maximum atomic E-state index is 9.19. The molecule has 0 bridgehead atoms. The van der Waals surface area contributed by atoms with Crippen LogP contribution in [0.2, 0.25) is 0 Å². The van der Waals surface area contributed by atoms with Gasteiger partial charge in [-0.3, -0.25) is 0 Å². The van der Waals surface area contributed by atoms with Crippen molar-refractivity contribution < 1.29 is 16.4 Å². The number of anilines is 3. The second-order valence-corrected chi connectivity index (χ2v) is 12.3. The Morgan fingerprint density at radius 3 is 1.89 bits per heavy atom. The number of aryl methyl sites for hydroxylation is 1. The Morgan fingerprint density at radius 2 is 1.23 bits per heavy atom. The lowest BCUT2D eigenvalue weighted by atomic mass is 9.81. The fraction of sp³-hybridized carbons (Fsp3) is 0.111. The molecule has 0 atom stereocenters. The van der Waals surface area contributed by atoms with Gasteiger partial charge in [0.2, 0.25) is 0 Å². The van der Waals surface area contributed by atoms with E-state index in [1.165, 1.54) is 46.5 Å². The molecule has 1 aliphatic rings. The summed E-state index contributed by atoms with van der Waals surface area (Å²) in [6, 6.07) is 20.1. The van der Waals surface area contributed by atoms with E-state index in [0.29, 0.717) is 11.1 Å². The van der Waals surface area contributed by atoms with Crippen LogP contribution in [-0.2, 0) is 5.41 Å². The van der Waals surface area contributed by atoms with Crippen LogP contribution in [0.1, 0.15) is 63.8 Å². The molecule has 0 spiro atoms. The van der Waals surface area contributed by atoms with Gasteiger partial charge in [0.05, 0.1) is 22.0 Å². The zero-order valence-electron chi connectivity index (χ0n) is 38.5.